The zero-order valence-corrected chi connectivity index (χ0v) is 83.2. The molecule has 790 valence electrons. The van der Waals surface area contributed by atoms with Crippen molar-refractivity contribution in [3.05, 3.63) is 274 Å². The predicted octanol–water partition coefficient (Wildman–Crippen LogP) is 10.9. The second-order valence-corrected chi connectivity index (χ2v) is 41.4. The summed E-state index contributed by atoms with van der Waals surface area (Å²) in [5, 5.41) is 50.9. The number of anilines is 3. The lowest BCUT2D eigenvalue weighted by molar-refractivity contribution is -0.385. The number of halogens is 3. The highest BCUT2D eigenvalue weighted by atomic mass is 32.2. The second-order valence-electron chi connectivity index (χ2n) is 34.4. The number of hydrogen-bond acceptors (Lipinski definition) is 40. The molecule has 4 aliphatic rings. The molecule has 8 aromatic heterocycles. The minimum atomic E-state index is -4.17. The molecule has 0 saturated carbocycles. The van der Waals surface area contributed by atoms with Crippen molar-refractivity contribution in [1.82, 2.24) is 78.1 Å². The molecule has 18 rings (SSSR count). The van der Waals surface area contributed by atoms with Gasteiger partial charge in [0.1, 0.15) is 48.0 Å². The van der Waals surface area contributed by atoms with Gasteiger partial charge in [-0.15, -0.1) is 0 Å². The molecule has 16 atom stereocenters. The van der Waals surface area contributed by atoms with Crippen molar-refractivity contribution in [1.29, 1.82) is 0 Å². The minimum Gasteiger partial charge on any atom is -0.382 e. The second kappa shape index (κ2) is 46.3. The molecule has 53 nitrogen and oxygen atoms in total. The standard InChI is InChI=1S/C25H24N6O7S.C24H22FN6O8PS.C22H25FN6O8S.C18H18FN5O7S/c1-16-13-21(37-20(16)11-12-39(35,36)38-19-9-7-18(8-10-19)31(33)34)30-15-28-22-23(26-14-27-24(22)30)29-25(32)17-5-3-2-4-6-17;25-18-20(38-40)17(10-11-41(35,36)39-16-8-6-15(7-9-16)31(33)34)37-24(18)30-13-28-19-21(26-12-27-22(19)30)29-23(32)14-4-2-1-3-5-14;1-11(2)19(30)26-22-25-18-17(20(31)27-22)24-10-28(18)21-16(23)12(3)15(36-21)8-9-38(34,35)37-14-6-4-13(5-7-14)29(32)33;1-10-13(6-7-32(28,29)31-12-4-2-11(3-5-12)24(26)27)30-18(14(10)19)23-9-22-15-16(23)20-8-21-17(15)25/h2-10,14-16,20-21H,11-13H2,1H3,(H,26,27,29,32);1-9,12-13,17-18,20,24H,10-11,40H2,(H,26,27,29,32);4-7,10-12,15-16,21H,8-9H2,1-3H3,(H2,25,26,27,30,31);2-5,8-10,13-14,18H,6-7H2,1H3,(H,20,21,25)/t16-,20+,21+;17-,18-,20-,24-;12-,15-,16-,21-;10-,13-,14-,18-/m0111/s1. The van der Waals surface area contributed by atoms with E-state index in [9.17, 15) is 102 Å². The summed E-state index contributed by atoms with van der Waals surface area (Å²) in [5.41, 5.74) is 0.299. The molecule has 0 radical (unpaired) electrons. The van der Waals surface area contributed by atoms with E-state index < -0.39 is 174 Å². The van der Waals surface area contributed by atoms with Crippen molar-refractivity contribution in [2.24, 2.45) is 23.7 Å². The summed E-state index contributed by atoms with van der Waals surface area (Å²) in [6.07, 6.45) is -3.59. The maximum atomic E-state index is 15.5. The normalized spacial score (nSPS) is 21.1. The third-order valence-corrected chi connectivity index (χ3v) is 29.0. The van der Waals surface area contributed by atoms with E-state index in [4.69, 9.17) is 40.2 Å². The smallest absolute Gasteiger partial charge is 0.309 e. The summed E-state index contributed by atoms with van der Waals surface area (Å²) in [7, 11) is -14.3. The number of nitro benzene ring substituents is 4. The molecule has 14 aromatic rings. The fraction of sp³-hybridized carbons (Fsp3) is 0.337. The van der Waals surface area contributed by atoms with Gasteiger partial charge in [0.05, 0.1) is 98.8 Å². The summed E-state index contributed by atoms with van der Waals surface area (Å²) < 4.78 is 200. The van der Waals surface area contributed by atoms with Crippen LogP contribution in [0.5, 0.6) is 23.0 Å². The van der Waals surface area contributed by atoms with Crippen LogP contribution in [0.15, 0.2) is 212 Å². The molecule has 4 fully saturated rings. The maximum Gasteiger partial charge on any atom is 0.309 e. The molecule has 0 aliphatic carbocycles. The number of carbonyl (C=O) groups excluding carboxylic acids is 3. The molecule has 150 heavy (non-hydrogen) atoms. The Morgan fingerprint density at radius 2 is 0.787 bits per heavy atom. The van der Waals surface area contributed by atoms with Gasteiger partial charge in [-0.05, 0) is 111 Å². The molecule has 61 heteroatoms. The number of rotatable bonds is 35. The van der Waals surface area contributed by atoms with Crippen LogP contribution in [0.25, 0.3) is 44.7 Å². The van der Waals surface area contributed by atoms with Gasteiger partial charge in [-0.25, -0.2) is 58.0 Å². The van der Waals surface area contributed by atoms with E-state index >= 15 is 8.78 Å². The first-order valence-electron chi connectivity index (χ1n) is 45.2. The SMILES string of the molecule is CC(C)C(=O)Nc1nc2c(ncn2[C@@H]2O[C@H](CCS(=O)(=O)Oc3ccc([N+](=O)[O-])cc3)[C@@H](C)[C@H]2F)c(=O)[nH]1.C[C@H]1C[C@H](n2cnc3c(NC(=O)c4ccccc4)ncnc32)O[C@@H]1CCS(=O)(=O)Oc1ccc([N+](=O)[O-])cc1.C[C@H]1[C@@H](F)[C@H](n2cnc3c(=O)[nH]cnc32)O[C@@H]1CCS(=O)(=O)Oc1ccc([N+](=O)[O-])cc1.O=C(Nc1ncnc2c1ncn2[C@@H]1O[C@H](CCS(=O)(=O)Oc2ccc([N+](=O)[O-])cc2)[C@@H](OP)[C@H]1F)c1ccccc1. The van der Waals surface area contributed by atoms with Crippen LogP contribution in [0.2, 0.25) is 0 Å². The van der Waals surface area contributed by atoms with E-state index in [1.165, 1.54) is 88.1 Å². The Labute approximate surface area is 847 Å². The average Bonchev–Trinajstić information content (AvgIpc) is 1.62. The summed E-state index contributed by atoms with van der Waals surface area (Å²) in [5.74, 6) is -4.70. The molecule has 4 aliphatic heterocycles. The number of ether oxygens (including phenoxy) is 4. The molecule has 5 N–H and O–H groups in total. The van der Waals surface area contributed by atoms with E-state index in [0.29, 0.717) is 28.7 Å². The average molecular weight is 2180 g/mol. The highest BCUT2D eigenvalue weighted by Crippen LogP contribution is 2.44. The van der Waals surface area contributed by atoms with Gasteiger partial charge < -0.3 is 55.8 Å². The number of fused-ring (bicyclic) bond motifs is 4. The first-order valence-corrected chi connectivity index (χ1v) is 52.0. The largest absolute Gasteiger partial charge is 0.382 e. The third kappa shape index (κ3) is 25.9. The number of imidazole rings is 4. The highest BCUT2D eigenvalue weighted by Gasteiger charge is 2.50. The lowest BCUT2D eigenvalue weighted by Crippen LogP contribution is -2.31. The number of alkyl halides is 3. The van der Waals surface area contributed by atoms with Crippen LogP contribution < -0.4 is 43.8 Å². The molecule has 4 saturated heterocycles. The predicted molar refractivity (Wildman–Crippen MR) is 525 cm³/mol. The first-order chi connectivity index (χ1) is 71.4. The maximum absolute atomic E-state index is 15.5. The summed E-state index contributed by atoms with van der Waals surface area (Å²) >= 11 is 0. The Morgan fingerprint density at radius 3 is 1.18 bits per heavy atom. The topological polar surface area (TPSA) is 694 Å². The Hall–Kier alpha value is -15.9. The van der Waals surface area contributed by atoms with Gasteiger partial charge in [0.15, 0.2) is 93.5 Å². The van der Waals surface area contributed by atoms with Crippen LogP contribution in [0, 0.1) is 64.1 Å². The molecular formula is C89H89F3N23O30PS4. The van der Waals surface area contributed by atoms with Crippen molar-refractivity contribution in [2.45, 2.75) is 141 Å². The van der Waals surface area contributed by atoms with Crippen molar-refractivity contribution in [2.75, 3.05) is 39.0 Å². The van der Waals surface area contributed by atoms with Crippen molar-refractivity contribution in [3.63, 3.8) is 0 Å². The Kier molecular flexibility index (Phi) is 33.4. The van der Waals surface area contributed by atoms with Gasteiger partial charge in [-0.3, -0.25) is 93.0 Å². The van der Waals surface area contributed by atoms with Crippen LogP contribution >= 0.6 is 9.47 Å². The number of carbonyl (C=O) groups is 3. The minimum absolute atomic E-state index is 0.00130. The van der Waals surface area contributed by atoms with Gasteiger partial charge in [0, 0.05) is 86.9 Å². The van der Waals surface area contributed by atoms with Gasteiger partial charge in [0.25, 0.3) is 45.7 Å². The molecule has 1 unspecified atom stereocenters. The number of aromatic nitrogens is 16. The van der Waals surface area contributed by atoms with Gasteiger partial charge in [-0.2, -0.15) is 38.7 Å². The molecule has 12 heterocycles. The number of aromatic amines is 2. The molecule has 0 spiro atoms. The highest BCUT2D eigenvalue weighted by molar-refractivity contribution is 7.87. The third-order valence-electron chi connectivity index (χ3n) is 24.0. The Bertz CT molecular complexity index is 7960. The number of hydrogen-bond donors (Lipinski definition) is 5. The lowest BCUT2D eigenvalue weighted by Gasteiger charge is -2.17. The zero-order chi connectivity index (χ0) is 108. The van der Waals surface area contributed by atoms with Gasteiger partial charge in [0.2, 0.25) is 11.9 Å². The van der Waals surface area contributed by atoms with Crippen molar-refractivity contribution < 1.29 is 121 Å². The number of nitrogens with one attached hydrogen (secondary N) is 5. The van der Waals surface area contributed by atoms with E-state index in [1.54, 1.807) is 93.2 Å². The Morgan fingerprint density at radius 1 is 0.440 bits per heavy atom. The summed E-state index contributed by atoms with van der Waals surface area (Å²) in [6.45, 7) is 8.45. The fourth-order valence-corrected chi connectivity index (χ4v) is 20.4. The molecule has 0 bridgehead atoms. The van der Waals surface area contributed by atoms with Gasteiger partial charge in [-0.1, -0.05) is 71.0 Å². The van der Waals surface area contributed by atoms with E-state index in [0.717, 1.165) is 60.7 Å². The van der Waals surface area contributed by atoms with E-state index in [1.807, 2.05) is 22.5 Å². The number of H-pyrrole nitrogens is 2. The molecule has 6 aromatic carbocycles. The first kappa shape index (κ1) is 108. The molecular weight excluding hydrogens is 2090 g/mol. The number of benzene rings is 6. The molecule has 3 amide bonds. The van der Waals surface area contributed by atoms with Gasteiger partial charge >= 0.3 is 40.5 Å². The summed E-state index contributed by atoms with van der Waals surface area (Å²) in [6, 6.07) is 35.7. The van der Waals surface area contributed by atoms with Crippen molar-refractivity contribution >= 4 is 153 Å². The van der Waals surface area contributed by atoms with Crippen LogP contribution in [-0.2, 0) is 68.7 Å². The van der Waals surface area contributed by atoms with Crippen LogP contribution in [0.4, 0.5) is 53.5 Å². The number of nitro groups is 4. The Balaban J connectivity index is 0.000000150. The quantitative estimate of drug-likeness (QED) is 0.0107. The lowest BCUT2D eigenvalue weighted by atomic mass is 10.00. The number of amides is 3. The summed E-state index contributed by atoms with van der Waals surface area (Å²) in [4.78, 5) is 148. The fourth-order valence-electron chi connectivity index (χ4n) is 16.1. The van der Waals surface area contributed by atoms with Crippen LogP contribution in [0.3, 0.4) is 0 Å². The van der Waals surface area contributed by atoms with Crippen LogP contribution in [-0.4, -0.2) is 221 Å². The number of nitrogens with zero attached hydrogens (tertiary/aromatic N) is 18. The van der Waals surface area contributed by atoms with E-state index in [-0.39, 0.29) is 158 Å². The zero-order valence-electron chi connectivity index (χ0n) is 78.8. The van der Waals surface area contributed by atoms with Crippen molar-refractivity contribution in [3.8, 4) is 23.0 Å². The van der Waals surface area contributed by atoms with Crippen LogP contribution in [0.1, 0.15) is 112 Å². The van der Waals surface area contributed by atoms with E-state index in [2.05, 4.69) is 75.8 Å². The monoisotopic (exact) mass is 2180 g/mol. The number of non-ortho nitro benzene ring substituents is 4.